The van der Waals surface area contributed by atoms with Gasteiger partial charge in [-0.1, -0.05) is 30.3 Å². The molecule has 0 saturated heterocycles. The Bertz CT molecular complexity index is 513. The van der Waals surface area contributed by atoms with Gasteiger partial charge >= 0.3 is 0 Å². The second-order valence-electron chi connectivity index (χ2n) is 4.13. The average Bonchev–Trinajstić information content (AvgIpc) is 2.83. The minimum atomic E-state index is 0.0925. The minimum absolute atomic E-state index is 0.0925. The van der Waals surface area contributed by atoms with Crippen molar-refractivity contribution in [3.05, 3.63) is 57.8 Å². The first-order valence-electron chi connectivity index (χ1n) is 5.52. The summed E-state index contributed by atoms with van der Waals surface area (Å²) >= 11 is 1.69. The number of aryl methyl sites for hydroxylation is 1. The van der Waals surface area contributed by atoms with Crippen LogP contribution in [0.5, 0.6) is 0 Å². The molecular formula is C14H12OS. The van der Waals surface area contributed by atoms with Gasteiger partial charge in [-0.05, 0) is 29.9 Å². The molecule has 1 aliphatic rings. The zero-order valence-corrected chi connectivity index (χ0v) is 9.67. The van der Waals surface area contributed by atoms with Gasteiger partial charge in [0.25, 0.3) is 0 Å². The summed E-state index contributed by atoms with van der Waals surface area (Å²) in [5.74, 6) is 0.388. The highest BCUT2D eigenvalue weighted by Crippen LogP contribution is 2.34. The molecule has 1 atom stereocenters. The van der Waals surface area contributed by atoms with Gasteiger partial charge in [-0.2, -0.15) is 0 Å². The van der Waals surface area contributed by atoms with Crippen LogP contribution in [0.15, 0.2) is 41.8 Å². The number of thiophene rings is 1. The molecule has 0 radical (unpaired) electrons. The van der Waals surface area contributed by atoms with Crippen LogP contribution in [0.3, 0.4) is 0 Å². The molecule has 0 bridgehead atoms. The number of rotatable bonds is 1. The van der Waals surface area contributed by atoms with Gasteiger partial charge in [0.2, 0.25) is 0 Å². The number of hydrogen-bond donors (Lipinski definition) is 0. The van der Waals surface area contributed by atoms with E-state index in [1.165, 1.54) is 10.4 Å². The Labute approximate surface area is 98.7 Å². The van der Waals surface area contributed by atoms with Crippen molar-refractivity contribution in [2.24, 2.45) is 0 Å². The van der Waals surface area contributed by atoms with Crippen LogP contribution < -0.4 is 0 Å². The maximum atomic E-state index is 12.3. The highest BCUT2D eigenvalue weighted by atomic mass is 32.1. The van der Waals surface area contributed by atoms with E-state index in [1.54, 1.807) is 11.3 Å². The van der Waals surface area contributed by atoms with E-state index in [-0.39, 0.29) is 5.92 Å². The van der Waals surface area contributed by atoms with E-state index in [9.17, 15) is 4.79 Å². The smallest absolute Gasteiger partial charge is 0.171 e. The largest absolute Gasteiger partial charge is 0.293 e. The molecule has 0 spiro atoms. The number of Topliss-reactive ketones (excluding diaryl/α,β-unsaturated/α-hetero) is 1. The van der Waals surface area contributed by atoms with E-state index < -0.39 is 0 Å². The van der Waals surface area contributed by atoms with Gasteiger partial charge in [0.15, 0.2) is 5.78 Å². The molecule has 0 fully saturated rings. The molecule has 0 N–H and O–H groups in total. The lowest BCUT2D eigenvalue weighted by Crippen LogP contribution is -2.19. The molecule has 0 amide bonds. The number of fused-ring (bicyclic) bond motifs is 1. The first-order chi connectivity index (χ1) is 7.86. The number of carbonyl (C=O) groups excluding carboxylic acids is 1. The van der Waals surface area contributed by atoms with Crippen molar-refractivity contribution >= 4 is 17.1 Å². The zero-order chi connectivity index (χ0) is 11.0. The SMILES string of the molecule is O=C1c2ccccc2CCC1c1cccs1. The summed E-state index contributed by atoms with van der Waals surface area (Å²) in [7, 11) is 0. The Morgan fingerprint density at radius 3 is 2.81 bits per heavy atom. The standard InChI is InChI=1S/C14H12OS/c15-14-11-5-2-1-4-10(11)7-8-12(14)13-6-3-9-16-13/h1-6,9,12H,7-8H2. The fourth-order valence-electron chi connectivity index (χ4n) is 2.36. The highest BCUT2D eigenvalue weighted by Gasteiger charge is 2.28. The fourth-order valence-corrected chi connectivity index (χ4v) is 3.22. The van der Waals surface area contributed by atoms with Gasteiger partial charge in [0.1, 0.15) is 0 Å². The summed E-state index contributed by atoms with van der Waals surface area (Å²) in [6.45, 7) is 0. The molecule has 1 nitrogen and oxygen atoms in total. The molecular weight excluding hydrogens is 216 g/mol. The van der Waals surface area contributed by atoms with Gasteiger partial charge in [-0.3, -0.25) is 4.79 Å². The quantitative estimate of drug-likeness (QED) is 0.728. The summed E-state index contributed by atoms with van der Waals surface area (Å²) in [5.41, 5.74) is 2.13. The van der Waals surface area contributed by atoms with Crippen molar-refractivity contribution in [2.75, 3.05) is 0 Å². The summed E-state index contributed by atoms with van der Waals surface area (Å²) in [6, 6.07) is 12.1. The van der Waals surface area contributed by atoms with E-state index in [0.717, 1.165) is 18.4 Å². The Morgan fingerprint density at radius 2 is 2.00 bits per heavy atom. The van der Waals surface area contributed by atoms with Gasteiger partial charge in [0.05, 0.1) is 5.92 Å². The number of hydrogen-bond acceptors (Lipinski definition) is 2. The summed E-state index contributed by atoms with van der Waals surface area (Å²) in [5, 5.41) is 2.04. The van der Waals surface area contributed by atoms with E-state index >= 15 is 0 Å². The van der Waals surface area contributed by atoms with Crippen LogP contribution in [0.25, 0.3) is 0 Å². The summed E-state index contributed by atoms with van der Waals surface area (Å²) in [4.78, 5) is 13.5. The lowest BCUT2D eigenvalue weighted by molar-refractivity contribution is 0.0947. The molecule has 1 heterocycles. The van der Waals surface area contributed by atoms with Gasteiger partial charge in [0, 0.05) is 10.4 Å². The van der Waals surface area contributed by atoms with Crippen LogP contribution in [0, 0.1) is 0 Å². The molecule has 0 saturated carbocycles. The van der Waals surface area contributed by atoms with Crippen LogP contribution >= 0.6 is 11.3 Å². The fraction of sp³-hybridized carbons (Fsp3) is 0.214. The van der Waals surface area contributed by atoms with Crippen LogP contribution in [0.1, 0.15) is 33.1 Å². The molecule has 1 aromatic carbocycles. The van der Waals surface area contributed by atoms with Gasteiger partial charge in [-0.15, -0.1) is 11.3 Å². The van der Waals surface area contributed by atoms with Crippen molar-refractivity contribution in [2.45, 2.75) is 18.8 Å². The van der Waals surface area contributed by atoms with Crippen molar-refractivity contribution in [1.29, 1.82) is 0 Å². The predicted octanol–water partition coefficient (Wildman–Crippen LogP) is 3.66. The summed E-state index contributed by atoms with van der Waals surface area (Å²) in [6.07, 6.45) is 1.97. The van der Waals surface area contributed by atoms with E-state index in [1.807, 2.05) is 29.6 Å². The lowest BCUT2D eigenvalue weighted by Gasteiger charge is -2.22. The maximum absolute atomic E-state index is 12.3. The van der Waals surface area contributed by atoms with E-state index in [2.05, 4.69) is 12.1 Å². The third-order valence-electron chi connectivity index (χ3n) is 3.19. The Hall–Kier alpha value is -1.41. The van der Waals surface area contributed by atoms with Crippen LogP contribution in [-0.2, 0) is 6.42 Å². The Morgan fingerprint density at radius 1 is 1.12 bits per heavy atom. The monoisotopic (exact) mass is 228 g/mol. The normalized spacial score (nSPS) is 19.5. The topological polar surface area (TPSA) is 17.1 Å². The number of carbonyl (C=O) groups is 1. The van der Waals surface area contributed by atoms with Crippen molar-refractivity contribution in [1.82, 2.24) is 0 Å². The maximum Gasteiger partial charge on any atom is 0.171 e. The average molecular weight is 228 g/mol. The highest BCUT2D eigenvalue weighted by molar-refractivity contribution is 7.10. The Balaban J connectivity index is 2.01. The molecule has 2 aromatic rings. The second-order valence-corrected chi connectivity index (χ2v) is 5.11. The van der Waals surface area contributed by atoms with Crippen molar-refractivity contribution < 1.29 is 4.79 Å². The number of ketones is 1. The molecule has 0 aliphatic heterocycles. The van der Waals surface area contributed by atoms with Crippen LogP contribution in [-0.4, -0.2) is 5.78 Å². The predicted molar refractivity (Wildman–Crippen MR) is 66.2 cm³/mol. The van der Waals surface area contributed by atoms with E-state index in [0.29, 0.717) is 5.78 Å². The third kappa shape index (κ3) is 1.50. The molecule has 1 aromatic heterocycles. The lowest BCUT2D eigenvalue weighted by atomic mass is 9.82. The first kappa shape index (κ1) is 9.79. The van der Waals surface area contributed by atoms with Gasteiger partial charge in [-0.25, -0.2) is 0 Å². The molecule has 16 heavy (non-hydrogen) atoms. The first-order valence-corrected chi connectivity index (χ1v) is 6.40. The summed E-state index contributed by atoms with van der Waals surface area (Å²) < 4.78 is 0. The van der Waals surface area contributed by atoms with Crippen LogP contribution in [0.4, 0.5) is 0 Å². The van der Waals surface area contributed by atoms with Crippen molar-refractivity contribution in [3.8, 4) is 0 Å². The zero-order valence-electron chi connectivity index (χ0n) is 8.85. The molecule has 2 heteroatoms. The minimum Gasteiger partial charge on any atom is -0.293 e. The Kier molecular flexibility index (Phi) is 2.37. The number of benzene rings is 1. The van der Waals surface area contributed by atoms with Gasteiger partial charge < -0.3 is 0 Å². The molecule has 1 unspecified atom stereocenters. The van der Waals surface area contributed by atoms with Crippen LogP contribution in [0.2, 0.25) is 0 Å². The molecule has 3 rings (SSSR count). The molecule has 1 aliphatic carbocycles. The van der Waals surface area contributed by atoms with Crippen molar-refractivity contribution in [3.63, 3.8) is 0 Å². The van der Waals surface area contributed by atoms with E-state index in [4.69, 9.17) is 0 Å². The second kappa shape index (κ2) is 3.87. The molecule has 80 valence electrons. The third-order valence-corrected chi connectivity index (χ3v) is 4.17.